The average Bonchev–Trinajstić information content (AvgIpc) is 2.68. The molecule has 0 unspecified atom stereocenters. The number of Topliss-reactive ketones (excluding diaryl/α,β-unsaturated/α-hetero) is 1. The van der Waals surface area contributed by atoms with Crippen LogP contribution in [-0.2, 0) is 13.0 Å². The molecule has 2 aromatic rings. The summed E-state index contributed by atoms with van der Waals surface area (Å²) in [6.45, 7) is 4.13. The van der Waals surface area contributed by atoms with Crippen LogP contribution in [0.5, 0.6) is 0 Å². The molecule has 0 amide bonds. The van der Waals surface area contributed by atoms with Gasteiger partial charge in [0.2, 0.25) is 0 Å². The van der Waals surface area contributed by atoms with Crippen molar-refractivity contribution in [1.82, 2.24) is 9.78 Å². The van der Waals surface area contributed by atoms with Gasteiger partial charge in [-0.25, -0.2) is 0 Å². The molecule has 1 aromatic heterocycles. The van der Waals surface area contributed by atoms with E-state index in [2.05, 4.69) is 12.0 Å². The summed E-state index contributed by atoms with van der Waals surface area (Å²) in [5.74, 6) is 0.0387. The molecule has 0 aliphatic carbocycles. The van der Waals surface area contributed by atoms with Crippen molar-refractivity contribution in [2.45, 2.75) is 26.8 Å². The van der Waals surface area contributed by atoms with E-state index in [-0.39, 0.29) is 12.3 Å². The molecule has 1 heterocycles. The highest BCUT2D eigenvalue weighted by atomic mass is 35.5. The first-order valence-corrected chi connectivity index (χ1v) is 6.29. The minimum absolute atomic E-state index is 0.0387. The van der Waals surface area contributed by atoms with Gasteiger partial charge in [0, 0.05) is 11.8 Å². The number of carbonyl (C=O) groups is 1. The van der Waals surface area contributed by atoms with Gasteiger partial charge in [-0.1, -0.05) is 42.8 Å². The van der Waals surface area contributed by atoms with Crippen LogP contribution in [0.4, 0.5) is 0 Å². The van der Waals surface area contributed by atoms with E-state index in [0.717, 1.165) is 12.1 Å². The van der Waals surface area contributed by atoms with Gasteiger partial charge in [0.05, 0.1) is 10.7 Å². The van der Waals surface area contributed by atoms with Crippen LogP contribution in [0.25, 0.3) is 0 Å². The number of aromatic nitrogens is 2. The zero-order valence-electron chi connectivity index (χ0n) is 10.5. The zero-order chi connectivity index (χ0) is 13.1. The van der Waals surface area contributed by atoms with Gasteiger partial charge < -0.3 is 0 Å². The molecule has 0 saturated carbocycles. The third kappa shape index (κ3) is 2.79. The molecule has 2 rings (SSSR count). The molecule has 0 aliphatic rings. The Balaban J connectivity index is 2.11. The van der Waals surface area contributed by atoms with Crippen LogP contribution in [-0.4, -0.2) is 15.6 Å². The topological polar surface area (TPSA) is 34.9 Å². The summed E-state index contributed by atoms with van der Waals surface area (Å²) in [4.78, 5) is 12.0. The van der Waals surface area contributed by atoms with E-state index in [4.69, 9.17) is 11.6 Å². The first kappa shape index (κ1) is 12.8. The maximum Gasteiger partial charge on any atom is 0.184 e. The number of benzene rings is 1. The summed E-state index contributed by atoms with van der Waals surface area (Å²) in [5.41, 5.74) is 2.67. The fourth-order valence-corrected chi connectivity index (χ4v) is 1.89. The molecular formula is C14H15ClN2O. The summed E-state index contributed by atoms with van der Waals surface area (Å²) in [5, 5.41) is 4.76. The fraction of sp³-hybridized carbons (Fsp3) is 0.286. The summed E-state index contributed by atoms with van der Waals surface area (Å²) in [6, 6.07) is 7.68. The Morgan fingerprint density at radius 2 is 2.00 bits per heavy atom. The highest BCUT2D eigenvalue weighted by Gasteiger charge is 2.09. The number of hydrogen-bond acceptors (Lipinski definition) is 2. The number of hydrogen-bond donors (Lipinski definition) is 0. The lowest BCUT2D eigenvalue weighted by molar-refractivity contribution is 0.0967. The summed E-state index contributed by atoms with van der Waals surface area (Å²) in [7, 11) is 0. The van der Waals surface area contributed by atoms with Gasteiger partial charge in [0.15, 0.2) is 5.78 Å². The van der Waals surface area contributed by atoms with E-state index in [1.54, 1.807) is 10.9 Å². The van der Waals surface area contributed by atoms with Gasteiger partial charge in [0.1, 0.15) is 6.54 Å². The Hall–Kier alpha value is -1.61. The number of halogens is 1. The second kappa shape index (κ2) is 5.36. The van der Waals surface area contributed by atoms with Crippen LogP contribution in [0.3, 0.4) is 0 Å². The van der Waals surface area contributed by atoms with Crippen LogP contribution in [0.15, 0.2) is 30.5 Å². The van der Waals surface area contributed by atoms with E-state index in [1.165, 1.54) is 5.56 Å². The number of nitrogens with zero attached hydrogens (tertiary/aromatic N) is 2. The maximum atomic E-state index is 12.0. The van der Waals surface area contributed by atoms with Gasteiger partial charge in [0.25, 0.3) is 0 Å². The van der Waals surface area contributed by atoms with Crippen molar-refractivity contribution in [1.29, 1.82) is 0 Å². The maximum absolute atomic E-state index is 12.0. The minimum Gasteiger partial charge on any atom is -0.292 e. The van der Waals surface area contributed by atoms with Crippen LogP contribution in [0, 0.1) is 6.92 Å². The Labute approximate surface area is 111 Å². The molecule has 3 nitrogen and oxygen atoms in total. The molecule has 0 atom stereocenters. The molecule has 0 saturated heterocycles. The van der Waals surface area contributed by atoms with Crippen molar-refractivity contribution in [3.05, 3.63) is 52.3 Å². The van der Waals surface area contributed by atoms with Crippen LogP contribution in [0.1, 0.15) is 28.5 Å². The van der Waals surface area contributed by atoms with E-state index in [0.29, 0.717) is 10.6 Å². The fourth-order valence-electron chi connectivity index (χ4n) is 1.74. The van der Waals surface area contributed by atoms with Gasteiger partial charge in [-0.2, -0.15) is 5.10 Å². The molecule has 0 fully saturated rings. The largest absolute Gasteiger partial charge is 0.292 e. The highest BCUT2D eigenvalue weighted by molar-refractivity contribution is 6.31. The van der Waals surface area contributed by atoms with E-state index in [9.17, 15) is 4.79 Å². The Morgan fingerprint density at radius 1 is 1.33 bits per heavy atom. The lowest BCUT2D eigenvalue weighted by atomic mass is 10.1. The molecule has 0 radical (unpaired) electrons. The van der Waals surface area contributed by atoms with E-state index in [1.807, 2.05) is 31.2 Å². The van der Waals surface area contributed by atoms with E-state index < -0.39 is 0 Å². The zero-order valence-corrected chi connectivity index (χ0v) is 11.2. The highest BCUT2D eigenvalue weighted by Crippen LogP contribution is 2.13. The van der Waals surface area contributed by atoms with E-state index >= 15 is 0 Å². The summed E-state index contributed by atoms with van der Waals surface area (Å²) >= 11 is 5.90. The standard InChI is InChI=1S/C14H15ClN2O/c1-3-11-4-6-12(7-5-11)14(18)9-17-8-13(15)10(2)16-17/h4-8H,3,9H2,1-2H3. The normalized spacial score (nSPS) is 10.6. The third-order valence-corrected chi connectivity index (χ3v) is 3.25. The van der Waals surface area contributed by atoms with Crippen molar-refractivity contribution in [3.63, 3.8) is 0 Å². The number of rotatable bonds is 4. The Bertz CT molecular complexity index is 538. The van der Waals surface area contributed by atoms with Crippen molar-refractivity contribution in [3.8, 4) is 0 Å². The predicted molar refractivity (Wildman–Crippen MR) is 72.1 cm³/mol. The van der Waals surface area contributed by atoms with Gasteiger partial charge in [-0.15, -0.1) is 0 Å². The van der Waals surface area contributed by atoms with Crippen molar-refractivity contribution in [2.75, 3.05) is 0 Å². The van der Waals surface area contributed by atoms with Crippen molar-refractivity contribution < 1.29 is 4.79 Å². The van der Waals surface area contributed by atoms with Crippen LogP contribution in [0.2, 0.25) is 5.02 Å². The monoisotopic (exact) mass is 262 g/mol. The molecular weight excluding hydrogens is 248 g/mol. The van der Waals surface area contributed by atoms with Crippen LogP contribution >= 0.6 is 11.6 Å². The molecule has 0 N–H and O–H groups in total. The Kier molecular flexibility index (Phi) is 3.82. The lowest BCUT2D eigenvalue weighted by Gasteiger charge is -2.02. The smallest absolute Gasteiger partial charge is 0.184 e. The number of aryl methyl sites for hydroxylation is 2. The number of ketones is 1. The molecule has 0 bridgehead atoms. The second-order valence-corrected chi connectivity index (χ2v) is 4.64. The predicted octanol–water partition coefficient (Wildman–Crippen LogP) is 3.29. The first-order valence-electron chi connectivity index (χ1n) is 5.92. The molecule has 18 heavy (non-hydrogen) atoms. The Morgan fingerprint density at radius 3 is 2.50 bits per heavy atom. The second-order valence-electron chi connectivity index (χ2n) is 4.23. The van der Waals surface area contributed by atoms with Gasteiger partial charge in [-0.05, 0) is 18.9 Å². The van der Waals surface area contributed by atoms with Gasteiger partial charge in [-0.3, -0.25) is 9.48 Å². The average molecular weight is 263 g/mol. The molecule has 0 aliphatic heterocycles. The van der Waals surface area contributed by atoms with Crippen molar-refractivity contribution >= 4 is 17.4 Å². The summed E-state index contributed by atoms with van der Waals surface area (Å²) in [6.07, 6.45) is 2.65. The molecule has 94 valence electrons. The molecule has 1 aromatic carbocycles. The molecule has 4 heteroatoms. The molecule has 0 spiro atoms. The summed E-state index contributed by atoms with van der Waals surface area (Å²) < 4.78 is 1.58. The number of carbonyl (C=O) groups excluding carboxylic acids is 1. The minimum atomic E-state index is 0.0387. The quantitative estimate of drug-likeness (QED) is 0.793. The SMILES string of the molecule is CCc1ccc(C(=O)Cn2cc(Cl)c(C)n2)cc1. The van der Waals surface area contributed by atoms with Gasteiger partial charge >= 0.3 is 0 Å². The van der Waals surface area contributed by atoms with Crippen molar-refractivity contribution in [2.24, 2.45) is 0 Å². The third-order valence-electron chi connectivity index (χ3n) is 2.88. The van der Waals surface area contributed by atoms with Crippen LogP contribution < -0.4 is 0 Å². The lowest BCUT2D eigenvalue weighted by Crippen LogP contribution is -2.11. The first-order chi connectivity index (χ1) is 8.60.